The number of carbonyl (C=O) groups is 2. The van der Waals surface area contributed by atoms with Crippen LogP contribution in [-0.4, -0.2) is 19.0 Å². The summed E-state index contributed by atoms with van der Waals surface area (Å²) in [7, 11) is 1.56. The normalized spacial score (nSPS) is 9.47. The van der Waals surface area contributed by atoms with E-state index in [9.17, 15) is 9.59 Å². The number of methoxy groups -OCH3 is 1. The Labute approximate surface area is 87.8 Å². The van der Waals surface area contributed by atoms with Crippen molar-refractivity contribution in [1.82, 2.24) is 0 Å². The van der Waals surface area contributed by atoms with E-state index >= 15 is 0 Å². The molecule has 0 bridgehead atoms. The molecule has 1 radical (unpaired) electrons. The first-order valence-corrected chi connectivity index (χ1v) is 4.31. The summed E-state index contributed by atoms with van der Waals surface area (Å²) in [6.45, 7) is 2.95. The maximum atomic E-state index is 11.1. The van der Waals surface area contributed by atoms with Crippen molar-refractivity contribution in [3.63, 3.8) is 0 Å². The van der Waals surface area contributed by atoms with E-state index in [0.29, 0.717) is 5.75 Å². The summed E-state index contributed by atoms with van der Waals surface area (Å²) in [6.07, 6.45) is 0.0469. The van der Waals surface area contributed by atoms with E-state index < -0.39 is 11.9 Å². The number of rotatable bonds is 3. The van der Waals surface area contributed by atoms with Crippen LogP contribution in [0.15, 0.2) is 24.3 Å². The van der Waals surface area contributed by atoms with Gasteiger partial charge < -0.3 is 9.47 Å². The molecule has 15 heavy (non-hydrogen) atoms. The van der Waals surface area contributed by atoms with Crippen molar-refractivity contribution in [2.75, 3.05) is 7.11 Å². The molecule has 0 aliphatic rings. The zero-order valence-electron chi connectivity index (χ0n) is 8.36. The summed E-state index contributed by atoms with van der Waals surface area (Å²) in [5, 5.41) is 0. The van der Waals surface area contributed by atoms with Gasteiger partial charge in [0.05, 0.1) is 20.5 Å². The lowest BCUT2D eigenvalue weighted by atomic mass is 10.1. The summed E-state index contributed by atoms with van der Waals surface area (Å²) >= 11 is 0. The molecule has 4 heteroatoms. The molecule has 0 aliphatic heterocycles. The Hall–Kier alpha value is -1.84. The fourth-order valence-corrected chi connectivity index (χ4v) is 1.07. The zero-order valence-corrected chi connectivity index (χ0v) is 8.36. The van der Waals surface area contributed by atoms with Gasteiger partial charge in [-0.2, -0.15) is 0 Å². The predicted octanol–water partition coefficient (Wildman–Crippen LogP) is 1.14. The van der Waals surface area contributed by atoms with Gasteiger partial charge in [-0.3, -0.25) is 9.59 Å². The van der Waals surface area contributed by atoms with E-state index in [1.165, 1.54) is 0 Å². The Balaban J connectivity index is 2.57. The Morgan fingerprint density at radius 1 is 1.27 bits per heavy atom. The van der Waals surface area contributed by atoms with Crippen molar-refractivity contribution in [3.05, 3.63) is 36.8 Å². The Morgan fingerprint density at radius 2 is 1.87 bits per heavy atom. The van der Waals surface area contributed by atoms with E-state index in [1.54, 1.807) is 31.4 Å². The number of ether oxygens (including phenoxy) is 2. The van der Waals surface area contributed by atoms with Gasteiger partial charge >= 0.3 is 11.9 Å². The third-order valence-corrected chi connectivity index (χ3v) is 1.74. The third-order valence-electron chi connectivity index (χ3n) is 1.74. The summed E-state index contributed by atoms with van der Waals surface area (Å²) in [5.74, 6) is -0.742. The zero-order chi connectivity index (χ0) is 11.3. The SMILES string of the molecule is [CH2]C(=O)OC(=O)Cc1ccc(OC)cc1. The molecule has 0 atom stereocenters. The monoisotopic (exact) mass is 207 g/mol. The standard InChI is InChI=1S/C11H11O4/c1-8(12)15-11(13)7-9-3-5-10(14-2)6-4-9/h3-6H,1,7H2,2H3. The van der Waals surface area contributed by atoms with Crippen molar-refractivity contribution in [2.24, 2.45) is 0 Å². The first kappa shape index (κ1) is 11.2. The lowest BCUT2D eigenvalue weighted by Gasteiger charge is -2.02. The van der Waals surface area contributed by atoms with Crippen molar-refractivity contribution >= 4 is 11.9 Å². The van der Waals surface area contributed by atoms with Crippen molar-refractivity contribution < 1.29 is 19.1 Å². The molecule has 0 spiro atoms. The minimum absolute atomic E-state index is 0.0469. The Bertz CT molecular complexity index is 353. The van der Waals surface area contributed by atoms with Gasteiger partial charge in [-0.15, -0.1) is 0 Å². The third kappa shape index (κ3) is 3.81. The average Bonchev–Trinajstić information content (AvgIpc) is 2.17. The number of benzene rings is 1. The van der Waals surface area contributed by atoms with Crippen molar-refractivity contribution in [2.45, 2.75) is 6.42 Å². The summed E-state index contributed by atoms with van der Waals surface area (Å²) < 4.78 is 9.25. The molecular weight excluding hydrogens is 196 g/mol. The molecule has 0 saturated carbocycles. The molecular formula is C11H11O4. The van der Waals surface area contributed by atoms with Crippen LogP contribution in [0.4, 0.5) is 0 Å². The van der Waals surface area contributed by atoms with Crippen molar-refractivity contribution in [3.8, 4) is 5.75 Å². The van der Waals surface area contributed by atoms with Gasteiger partial charge in [0.25, 0.3) is 0 Å². The maximum Gasteiger partial charge on any atom is 0.317 e. The molecule has 0 aromatic heterocycles. The average molecular weight is 207 g/mol. The van der Waals surface area contributed by atoms with Gasteiger partial charge in [0.2, 0.25) is 0 Å². The van der Waals surface area contributed by atoms with Crippen LogP contribution in [0.5, 0.6) is 5.75 Å². The van der Waals surface area contributed by atoms with Crippen LogP contribution in [0.3, 0.4) is 0 Å². The lowest BCUT2D eigenvalue weighted by Crippen LogP contribution is -2.11. The first-order chi connectivity index (χ1) is 7.11. The van der Waals surface area contributed by atoms with Crippen LogP contribution < -0.4 is 4.74 Å². The summed E-state index contributed by atoms with van der Waals surface area (Å²) in [4.78, 5) is 21.4. The second-order valence-corrected chi connectivity index (χ2v) is 2.87. The molecule has 4 nitrogen and oxygen atoms in total. The number of carbonyl (C=O) groups excluding carboxylic acids is 2. The summed E-state index contributed by atoms with van der Waals surface area (Å²) in [5.41, 5.74) is 0.752. The highest BCUT2D eigenvalue weighted by Gasteiger charge is 2.07. The molecule has 0 aliphatic carbocycles. The number of hydrogen-bond acceptors (Lipinski definition) is 4. The molecule has 0 unspecified atom stereocenters. The molecule has 0 saturated heterocycles. The Kier molecular flexibility index (Phi) is 3.85. The maximum absolute atomic E-state index is 11.1. The van der Waals surface area contributed by atoms with Crippen molar-refractivity contribution in [1.29, 1.82) is 0 Å². The second kappa shape index (κ2) is 5.14. The molecule has 0 fully saturated rings. The largest absolute Gasteiger partial charge is 0.497 e. The van der Waals surface area contributed by atoms with E-state index in [0.717, 1.165) is 5.56 Å². The van der Waals surface area contributed by atoms with Gasteiger partial charge in [-0.25, -0.2) is 0 Å². The predicted molar refractivity (Wildman–Crippen MR) is 53.2 cm³/mol. The van der Waals surface area contributed by atoms with Gasteiger partial charge in [0, 0.05) is 0 Å². The van der Waals surface area contributed by atoms with E-state index in [2.05, 4.69) is 11.7 Å². The highest BCUT2D eigenvalue weighted by molar-refractivity contribution is 5.88. The fraction of sp³-hybridized carbons (Fsp3) is 0.182. The van der Waals surface area contributed by atoms with E-state index in [-0.39, 0.29) is 6.42 Å². The van der Waals surface area contributed by atoms with Gasteiger partial charge in [-0.1, -0.05) is 12.1 Å². The van der Waals surface area contributed by atoms with Crippen LogP contribution in [-0.2, 0) is 20.7 Å². The summed E-state index contributed by atoms with van der Waals surface area (Å²) in [6, 6.07) is 6.92. The van der Waals surface area contributed by atoms with Crippen LogP contribution in [0.25, 0.3) is 0 Å². The minimum Gasteiger partial charge on any atom is -0.497 e. The number of hydrogen-bond donors (Lipinski definition) is 0. The molecule has 0 heterocycles. The van der Waals surface area contributed by atoms with Crippen LogP contribution >= 0.6 is 0 Å². The van der Waals surface area contributed by atoms with Gasteiger partial charge in [0.1, 0.15) is 5.75 Å². The molecule has 1 aromatic carbocycles. The second-order valence-electron chi connectivity index (χ2n) is 2.87. The van der Waals surface area contributed by atoms with E-state index in [4.69, 9.17) is 4.74 Å². The topological polar surface area (TPSA) is 52.6 Å². The molecule has 1 aromatic rings. The van der Waals surface area contributed by atoms with Crippen LogP contribution in [0.2, 0.25) is 0 Å². The molecule has 1 rings (SSSR count). The molecule has 0 N–H and O–H groups in total. The molecule has 79 valence electrons. The number of esters is 2. The smallest absolute Gasteiger partial charge is 0.317 e. The van der Waals surface area contributed by atoms with E-state index in [1.807, 2.05) is 0 Å². The van der Waals surface area contributed by atoms with Gasteiger partial charge in [0.15, 0.2) is 0 Å². The minimum atomic E-state index is -0.839. The Morgan fingerprint density at radius 3 is 2.33 bits per heavy atom. The fourth-order valence-electron chi connectivity index (χ4n) is 1.07. The highest BCUT2D eigenvalue weighted by Crippen LogP contribution is 2.11. The quantitative estimate of drug-likeness (QED) is 0.551. The molecule has 0 amide bonds. The van der Waals surface area contributed by atoms with Gasteiger partial charge in [-0.05, 0) is 17.7 Å². The first-order valence-electron chi connectivity index (χ1n) is 4.31. The van der Waals surface area contributed by atoms with Crippen LogP contribution in [0, 0.1) is 6.92 Å². The highest BCUT2D eigenvalue weighted by atomic mass is 16.6. The lowest BCUT2D eigenvalue weighted by molar-refractivity contribution is -0.155. The van der Waals surface area contributed by atoms with Crippen LogP contribution in [0.1, 0.15) is 5.56 Å².